The van der Waals surface area contributed by atoms with Crippen molar-refractivity contribution in [1.82, 2.24) is 0 Å². The van der Waals surface area contributed by atoms with Gasteiger partial charge in [-0.05, 0) is 0 Å². The average molecular weight is 438 g/mol. The second kappa shape index (κ2) is 10.8. The minimum atomic E-state index is -1.47. The van der Waals surface area contributed by atoms with Crippen molar-refractivity contribution in [3.05, 3.63) is 0 Å². The highest BCUT2D eigenvalue weighted by molar-refractivity contribution is 5.75. The van der Waals surface area contributed by atoms with Crippen LogP contribution in [-0.4, -0.2) is 120 Å². The number of carboxylic acids is 1. The van der Waals surface area contributed by atoms with E-state index in [2.05, 4.69) is 4.74 Å². The first kappa shape index (κ1) is 24.9. The zero-order chi connectivity index (χ0) is 22.6. The van der Waals surface area contributed by atoms with E-state index in [-0.39, 0.29) is 19.8 Å². The predicted octanol–water partition coefficient (Wildman–Crippen LogP) is -2.86. The van der Waals surface area contributed by atoms with Crippen molar-refractivity contribution in [1.29, 1.82) is 0 Å². The molecule has 10 unspecified atom stereocenters. The molecule has 2 aliphatic rings. The second-order valence-electron chi connectivity index (χ2n) is 7.53. The first-order valence-electron chi connectivity index (χ1n) is 9.54. The van der Waals surface area contributed by atoms with Crippen molar-refractivity contribution < 1.29 is 58.8 Å². The number of hydrogen-bond donors (Lipinski definition) is 5. The number of carboxylic acid groups (broad SMARTS) is 1. The van der Waals surface area contributed by atoms with E-state index >= 15 is 0 Å². The molecule has 174 valence electrons. The Morgan fingerprint density at radius 2 is 1.40 bits per heavy atom. The number of hydrogen-bond acceptors (Lipinski definition) is 11. The van der Waals surface area contributed by atoms with Crippen LogP contribution >= 0.6 is 0 Å². The van der Waals surface area contributed by atoms with E-state index in [4.69, 9.17) is 18.9 Å². The van der Waals surface area contributed by atoms with Crippen LogP contribution in [0.2, 0.25) is 0 Å². The van der Waals surface area contributed by atoms with Crippen LogP contribution in [0.25, 0.3) is 0 Å². The van der Waals surface area contributed by atoms with E-state index < -0.39 is 72.6 Å². The van der Waals surface area contributed by atoms with Crippen molar-refractivity contribution in [3.63, 3.8) is 0 Å². The predicted molar refractivity (Wildman–Crippen MR) is 96.4 cm³/mol. The Morgan fingerprint density at radius 3 is 1.97 bits per heavy atom. The largest absolute Gasteiger partial charge is 0.479 e. The maximum absolute atomic E-state index is 11.8. The van der Waals surface area contributed by atoms with E-state index in [9.17, 15) is 35.1 Å². The maximum atomic E-state index is 11.8. The van der Waals surface area contributed by atoms with Crippen LogP contribution < -0.4 is 0 Å². The lowest BCUT2D eigenvalue weighted by molar-refractivity contribution is -0.236. The number of carbonyl (C=O) groups is 2. The second-order valence-corrected chi connectivity index (χ2v) is 7.53. The molecular weight excluding hydrogens is 408 g/mol. The number of methoxy groups -OCH3 is 2. The molecule has 0 aromatic carbocycles. The van der Waals surface area contributed by atoms with Gasteiger partial charge in [-0.15, -0.1) is 0 Å². The molecule has 2 heterocycles. The summed E-state index contributed by atoms with van der Waals surface area (Å²) < 4.78 is 25.8. The zero-order valence-electron chi connectivity index (χ0n) is 17.0. The molecule has 0 aromatic heterocycles. The van der Waals surface area contributed by atoms with Gasteiger partial charge in [-0.25, -0.2) is 9.59 Å². The molecule has 2 aliphatic heterocycles. The van der Waals surface area contributed by atoms with E-state index in [1.807, 2.05) is 0 Å². The lowest BCUT2D eigenvalue weighted by Gasteiger charge is -2.42. The Balaban J connectivity index is 2.01. The van der Waals surface area contributed by atoms with Gasteiger partial charge in [0.15, 0.2) is 12.2 Å². The molecular formula is C18H30O12. The van der Waals surface area contributed by atoms with Gasteiger partial charge in [0.2, 0.25) is 0 Å². The van der Waals surface area contributed by atoms with Gasteiger partial charge in [0.05, 0.1) is 39.1 Å². The molecule has 30 heavy (non-hydrogen) atoms. The Hall–Kier alpha value is -1.38. The van der Waals surface area contributed by atoms with E-state index in [1.54, 1.807) is 0 Å². The molecule has 0 bridgehead atoms. The summed E-state index contributed by atoms with van der Waals surface area (Å²) in [5.74, 6) is -3.90. The quantitative estimate of drug-likeness (QED) is 0.245. The third kappa shape index (κ3) is 5.26. The van der Waals surface area contributed by atoms with Crippen molar-refractivity contribution in [2.45, 2.75) is 55.8 Å². The van der Waals surface area contributed by atoms with Crippen molar-refractivity contribution in [2.75, 3.05) is 34.0 Å². The van der Waals surface area contributed by atoms with Gasteiger partial charge in [0.25, 0.3) is 0 Å². The Bertz CT molecular complexity index is 586. The third-order valence-corrected chi connectivity index (χ3v) is 5.55. The van der Waals surface area contributed by atoms with Gasteiger partial charge in [0.1, 0.15) is 24.4 Å². The summed E-state index contributed by atoms with van der Waals surface area (Å²) in [7, 11) is 2.51. The standard InChI is InChI=1S/C18H30O12/c1-7-11(19)13(21)10(29-15(7)18(25)27-3)6-28-4-8-12(20)14(22)9(5-26-2)30-16(8)17(23)24/h7-16,19-22H,4-6H2,1-3H3,(H,23,24). The fourth-order valence-electron chi connectivity index (χ4n) is 3.70. The normalized spacial score (nSPS) is 42.0. The van der Waals surface area contributed by atoms with E-state index in [1.165, 1.54) is 21.1 Å². The van der Waals surface area contributed by atoms with Crippen LogP contribution in [0.5, 0.6) is 0 Å². The molecule has 5 N–H and O–H groups in total. The summed E-state index contributed by atoms with van der Waals surface area (Å²) in [6, 6.07) is 0. The highest BCUT2D eigenvalue weighted by Crippen LogP contribution is 2.29. The highest BCUT2D eigenvalue weighted by Gasteiger charge is 2.49. The van der Waals surface area contributed by atoms with Crippen molar-refractivity contribution >= 4 is 11.9 Å². The number of aliphatic carboxylic acids is 1. The SMILES string of the molecule is COCC1OC(C(=O)O)C(COCC2OC(C(=O)OC)C(C)C(O)C2O)C(O)C1O. The van der Waals surface area contributed by atoms with E-state index in [0.717, 1.165) is 0 Å². The Kier molecular flexibility index (Phi) is 8.94. The summed E-state index contributed by atoms with van der Waals surface area (Å²) >= 11 is 0. The van der Waals surface area contributed by atoms with E-state index in [0.29, 0.717) is 0 Å². The first-order valence-corrected chi connectivity index (χ1v) is 9.54. The van der Waals surface area contributed by atoms with Crippen molar-refractivity contribution in [2.24, 2.45) is 11.8 Å². The topological polar surface area (TPSA) is 181 Å². The van der Waals surface area contributed by atoms with Gasteiger partial charge in [-0.1, -0.05) is 6.92 Å². The summed E-state index contributed by atoms with van der Waals surface area (Å²) in [6.07, 6.45) is -10.2. The number of esters is 1. The smallest absolute Gasteiger partial charge is 0.335 e. The van der Waals surface area contributed by atoms with Crippen LogP contribution in [0.4, 0.5) is 0 Å². The summed E-state index contributed by atoms with van der Waals surface area (Å²) in [5, 5.41) is 50.3. The fraction of sp³-hybridized carbons (Fsp3) is 0.889. The lowest BCUT2D eigenvalue weighted by atomic mass is 9.87. The molecule has 0 radical (unpaired) electrons. The number of rotatable bonds is 8. The van der Waals surface area contributed by atoms with Crippen LogP contribution in [-0.2, 0) is 33.3 Å². The molecule has 2 saturated heterocycles. The monoisotopic (exact) mass is 438 g/mol. The number of aliphatic hydroxyl groups is 4. The molecule has 0 saturated carbocycles. The van der Waals surface area contributed by atoms with Crippen LogP contribution in [0.1, 0.15) is 6.92 Å². The molecule has 0 amide bonds. The molecule has 12 heteroatoms. The van der Waals surface area contributed by atoms with Gasteiger partial charge >= 0.3 is 11.9 Å². The number of carbonyl (C=O) groups excluding carboxylic acids is 1. The van der Waals surface area contributed by atoms with Gasteiger partial charge in [-0.2, -0.15) is 0 Å². The average Bonchev–Trinajstić information content (AvgIpc) is 2.72. The minimum absolute atomic E-state index is 0.108. The molecule has 0 aliphatic carbocycles. The molecule has 10 atom stereocenters. The minimum Gasteiger partial charge on any atom is -0.479 e. The molecule has 2 rings (SSSR count). The Labute approximate surface area is 173 Å². The Morgan fingerprint density at radius 1 is 0.833 bits per heavy atom. The van der Waals surface area contributed by atoms with Gasteiger partial charge in [-0.3, -0.25) is 0 Å². The maximum Gasteiger partial charge on any atom is 0.335 e. The molecule has 2 fully saturated rings. The summed E-state index contributed by atoms with van der Waals surface area (Å²) in [4.78, 5) is 23.4. The third-order valence-electron chi connectivity index (χ3n) is 5.55. The first-order chi connectivity index (χ1) is 14.1. The molecule has 0 aromatic rings. The fourth-order valence-corrected chi connectivity index (χ4v) is 3.70. The van der Waals surface area contributed by atoms with Crippen molar-refractivity contribution in [3.8, 4) is 0 Å². The summed E-state index contributed by atoms with van der Waals surface area (Å²) in [6.45, 7) is 0.752. The van der Waals surface area contributed by atoms with Gasteiger partial charge < -0.3 is 49.2 Å². The lowest BCUT2D eigenvalue weighted by Crippen LogP contribution is -2.59. The summed E-state index contributed by atoms with van der Waals surface area (Å²) in [5.41, 5.74) is 0. The van der Waals surface area contributed by atoms with Gasteiger partial charge in [0, 0.05) is 18.9 Å². The van der Waals surface area contributed by atoms with Crippen LogP contribution in [0.15, 0.2) is 0 Å². The van der Waals surface area contributed by atoms with Crippen LogP contribution in [0, 0.1) is 11.8 Å². The highest BCUT2D eigenvalue weighted by atomic mass is 16.6. The van der Waals surface area contributed by atoms with Crippen LogP contribution in [0.3, 0.4) is 0 Å². The number of ether oxygens (including phenoxy) is 5. The molecule has 0 spiro atoms. The molecule has 12 nitrogen and oxygen atoms in total. The number of aliphatic hydroxyl groups excluding tert-OH is 4. The zero-order valence-corrected chi connectivity index (χ0v) is 17.0.